The molecule has 5 rings (SSSR count). The van der Waals surface area contributed by atoms with Gasteiger partial charge >= 0.3 is 0 Å². The predicted octanol–water partition coefficient (Wildman–Crippen LogP) is 2.46. The normalized spacial score (nSPS) is 33.5. The molecule has 0 radical (unpaired) electrons. The number of likely N-dealkylation sites (tertiary alicyclic amines) is 1. The summed E-state index contributed by atoms with van der Waals surface area (Å²) in [6.07, 6.45) is 9.44. The largest absolute Gasteiger partial charge is 0.396 e. The van der Waals surface area contributed by atoms with Crippen molar-refractivity contribution in [3.05, 3.63) is 60.2 Å². The molecular formula is C28H35N3O4S. The minimum absolute atomic E-state index is 0.000991. The van der Waals surface area contributed by atoms with E-state index in [1.165, 1.54) is 0 Å². The molecule has 4 aliphatic rings. The maximum atomic E-state index is 14.2. The second kappa shape index (κ2) is 9.71. The fourth-order valence-corrected chi connectivity index (χ4v) is 8.67. The molecule has 0 aliphatic carbocycles. The summed E-state index contributed by atoms with van der Waals surface area (Å²) < 4.78 is -1.41. The van der Waals surface area contributed by atoms with Gasteiger partial charge in [0.15, 0.2) is 0 Å². The number of hydrogen-bond donors (Lipinski definition) is 1. The van der Waals surface area contributed by atoms with E-state index in [0.717, 1.165) is 12.0 Å². The Bertz CT molecular complexity index is 1090. The highest BCUT2D eigenvalue weighted by Gasteiger charge is 2.73. The van der Waals surface area contributed by atoms with Crippen LogP contribution in [0.4, 0.5) is 0 Å². The van der Waals surface area contributed by atoms with E-state index in [9.17, 15) is 19.5 Å². The molecule has 1 spiro atoms. The molecule has 4 aliphatic heterocycles. The van der Waals surface area contributed by atoms with Gasteiger partial charge in [-0.2, -0.15) is 0 Å². The lowest BCUT2D eigenvalue weighted by Gasteiger charge is -2.36. The number of hydrogen-bond acceptors (Lipinski definition) is 5. The van der Waals surface area contributed by atoms with Gasteiger partial charge in [0.25, 0.3) is 0 Å². The number of thioether (sulfide) groups is 1. The molecule has 1 aromatic carbocycles. The summed E-state index contributed by atoms with van der Waals surface area (Å²) in [6.45, 7) is 6.43. The van der Waals surface area contributed by atoms with Gasteiger partial charge in [0.2, 0.25) is 17.7 Å². The highest BCUT2D eigenvalue weighted by atomic mass is 32.2. The van der Waals surface area contributed by atoms with Gasteiger partial charge in [-0.1, -0.05) is 61.6 Å². The number of aliphatic hydroxyl groups is 1. The maximum absolute atomic E-state index is 14.2. The molecule has 5 atom stereocenters. The van der Waals surface area contributed by atoms with E-state index in [1.807, 2.05) is 66.1 Å². The van der Waals surface area contributed by atoms with Crippen LogP contribution in [0.3, 0.4) is 0 Å². The predicted molar refractivity (Wildman–Crippen MR) is 140 cm³/mol. The first kappa shape index (κ1) is 25.1. The monoisotopic (exact) mass is 509 g/mol. The van der Waals surface area contributed by atoms with E-state index in [1.54, 1.807) is 16.7 Å². The smallest absolute Gasteiger partial charge is 0.247 e. The third-order valence-electron chi connectivity index (χ3n) is 7.99. The Hall–Kier alpha value is -2.58. The Balaban J connectivity index is 1.58. The van der Waals surface area contributed by atoms with Crippen LogP contribution in [0.25, 0.3) is 0 Å². The van der Waals surface area contributed by atoms with Crippen LogP contribution in [0.5, 0.6) is 0 Å². The summed E-state index contributed by atoms with van der Waals surface area (Å²) >= 11 is 1.61. The zero-order valence-corrected chi connectivity index (χ0v) is 21.8. The van der Waals surface area contributed by atoms with Gasteiger partial charge < -0.3 is 19.8 Å². The average molecular weight is 510 g/mol. The summed E-state index contributed by atoms with van der Waals surface area (Å²) in [5, 5.41) is 9.56. The second-order valence-electron chi connectivity index (χ2n) is 10.4. The van der Waals surface area contributed by atoms with Crippen LogP contribution in [0.2, 0.25) is 0 Å². The quantitative estimate of drug-likeness (QED) is 0.571. The Labute approximate surface area is 217 Å². The Morgan fingerprint density at radius 2 is 1.67 bits per heavy atom. The lowest BCUT2D eigenvalue weighted by atomic mass is 9.74. The molecule has 2 saturated heterocycles. The molecule has 1 unspecified atom stereocenters. The molecule has 0 aromatic heterocycles. The maximum Gasteiger partial charge on any atom is 0.247 e. The molecule has 36 heavy (non-hydrogen) atoms. The summed E-state index contributed by atoms with van der Waals surface area (Å²) in [5.74, 6) is -1.40. The van der Waals surface area contributed by atoms with Crippen molar-refractivity contribution in [1.29, 1.82) is 0 Å². The standard InChI is InChI=1S/C28H35N3O4S/c1-3-14-29-15-7-12-27(2)21(24(29)33)22-25(34)31(17-9-18-32)23-26(35)30(16-8-13-28(22,23)36-27)19-20-10-5-4-6-11-20/h4-8,10-13,21-23,32H,3,9,14-19H2,1-2H3/t21-,22-,23?,27+,28-/m0/s1. The molecule has 4 heterocycles. The van der Waals surface area contributed by atoms with Gasteiger partial charge in [-0.25, -0.2) is 0 Å². The minimum atomic E-state index is -0.830. The number of fused-ring (bicyclic) bond motifs is 2. The minimum Gasteiger partial charge on any atom is -0.396 e. The lowest BCUT2D eigenvalue weighted by Crippen LogP contribution is -2.53. The van der Waals surface area contributed by atoms with Gasteiger partial charge in [0.05, 0.1) is 16.6 Å². The van der Waals surface area contributed by atoms with E-state index in [0.29, 0.717) is 39.1 Å². The van der Waals surface area contributed by atoms with Crippen LogP contribution >= 0.6 is 11.8 Å². The van der Waals surface area contributed by atoms with Crippen LogP contribution in [-0.4, -0.2) is 85.8 Å². The van der Waals surface area contributed by atoms with E-state index < -0.39 is 27.4 Å². The van der Waals surface area contributed by atoms with E-state index in [-0.39, 0.29) is 24.3 Å². The lowest BCUT2D eigenvalue weighted by molar-refractivity contribution is -0.145. The van der Waals surface area contributed by atoms with E-state index in [4.69, 9.17) is 0 Å². The average Bonchev–Trinajstić information content (AvgIpc) is 3.14. The topological polar surface area (TPSA) is 81.2 Å². The van der Waals surface area contributed by atoms with Gasteiger partial charge in [0.1, 0.15) is 6.04 Å². The molecule has 192 valence electrons. The summed E-state index contributed by atoms with van der Waals surface area (Å²) in [5.41, 5.74) is 1.03. The van der Waals surface area contributed by atoms with Crippen molar-refractivity contribution in [2.24, 2.45) is 11.8 Å². The summed E-state index contributed by atoms with van der Waals surface area (Å²) in [4.78, 5) is 47.6. The van der Waals surface area contributed by atoms with E-state index in [2.05, 4.69) is 12.2 Å². The van der Waals surface area contributed by atoms with Crippen LogP contribution in [0.1, 0.15) is 32.3 Å². The van der Waals surface area contributed by atoms with Crippen molar-refractivity contribution in [1.82, 2.24) is 14.7 Å². The molecule has 7 nitrogen and oxygen atoms in total. The van der Waals surface area contributed by atoms with Crippen molar-refractivity contribution in [3.63, 3.8) is 0 Å². The fraction of sp³-hybridized carbons (Fsp3) is 0.536. The van der Waals surface area contributed by atoms with Crippen molar-refractivity contribution >= 4 is 29.5 Å². The number of nitrogens with zero attached hydrogens (tertiary/aromatic N) is 3. The number of benzene rings is 1. The van der Waals surface area contributed by atoms with Crippen molar-refractivity contribution in [2.45, 2.75) is 48.8 Å². The number of aliphatic hydroxyl groups excluding tert-OH is 1. The summed E-state index contributed by atoms with van der Waals surface area (Å²) in [6, 6.07) is 9.15. The van der Waals surface area contributed by atoms with Crippen LogP contribution in [-0.2, 0) is 20.9 Å². The molecule has 8 heteroatoms. The number of amides is 3. The third-order valence-corrected chi connectivity index (χ3v) is 9.79. The molecule has 1 aromatic rings. The molecule has 2 fully saturated rings. The van der Waals surface area contributed by atoms with Crippen LogP contribution in [0.15, 0.2) is 54.6 Å². The van der Waals surface area contributed by atoms with Gasteiger partial charge in [-0.05, 0) is 25.3 Å². The first-order valence-electron chi connectivity index (χ1n) is 12.9. The second-order valence-corrected chi connectivity index (χ2v) is 12.2. The van der Waals surface area contributed by atoms with Crippen molar-refractivity contribution < 1.29 is 19.5 Å². The van der Waals surface area contributed by atoms with Gasteiger partial charge in [0, 0.05) is 44.1 Å². The number of carbonyl (C=O) groups excluding carboxylic acids is 3. The highest BCUT2D eigenvalue weighted by molar-refractivity contribution is 8.02. The third kappa shape index (κ3) is 3.89. The zero-order valence-electron chi connectivity index (χ0n) is 21.0. The number of rotatable bonds is 7. The van der Waals surface area contributed by atoms with Gasteiger partial charge in [-0.3, -0.25) is 14.4 Å². The number of carbonyl (C=O) groups is 3. The summed E-state index contributed by atoms with van der Waals surface area (Å²) in [7, 11) is 0. The Morgan fingerprint density at radius 3 is 2.39 bits per heavy atom. The Kier molecular flexibility index (Phi) is 6.76. The zero-order chi connectivity index (χ0) is 25.5. The molecule has 0 bridgehead atoms. The first-order chi connectivity index (χ1) is 17.4. The first-order valence-corrected chi connectivity index (χ1v) is 13.8. The SMILES string of the molecule is CCCN1CC=C[C@@]2(C)S[C@]34C=CCN(Cc5ccccc5)C(=O)C3N(CCCO)C(=O)[C@@H]4[C@H]2C1=O. The van der Waals surface area contributed by atoms with Crippen LogP contribution < -0.4 is 0 Å². The highest BCUT2D eigenvalue weighted by Crippen LogP contribution is 2.65. The van der Waals surface area contributed by atoms with E-state index >= 15 is 0 Å². The van der Waals surface area contributed by atoms with Crippen molar-refractivity contribution in [3.8, 4) is 0 Å². The Morgan fingerprint density at radius 1 is 0.944 bits per heavy atom. The molecule has 1 N–H and O–H groups in total. The van der Waals surface area contributed by atoms with Crippen LogP contribution in [0, 0.1) is 11.8 Å². The molecular weight excluding hydrogens is 474 g/mol. The fourth-order valence-electron chi connectivity index (χ4n) is 6.52. The van der Waals surface area contributed by atoms with Crippen molar-refractivity contribution in [2.75, 3.05) is 32.8 Å². The molecule has 0 saturated carbocycles. The molecule has 3 amide bonds. The van der Waals surface area contributed by atoms with Gasteiger partial charge in [-0.15, -0.1) is 11.8 Å².